The quantitative estimate of drug-likeness (QED) is 0.718. The lowest BCUT2D eigenvalue weighted by atomic mass is 10.00. The van der Waals surface area contributed by atoms with Crippen LogP contribution in [-0.4, -0.2) is 49.8 Å². The summed E-state index contributed by atoms with van der Waals surface area (Å²) in [5.74, 6) is 0.708. The maximum Gasteiger partial charge on any atom is 0.0509 e. The molecule has 1 aliphatic heterocycles. The summed E-state index contributed by atoms with van der Waals surface area (Å²) < 4.78 is 5.43. The van der Waals surface area contributed by atoms with Gasteiger partial charge in [-0.2, -0.15) is 0 Å². The number of rotatable bonds is 7. The Labute approximate surface area is 101 Å². The van der Waals surface area contributed by atoms with Crippen molar-refractivity contribution >= 4 is 0 Å². The molecule has 1 saturated heterocycles. The molecule has 0 aliphatic carbocycles. The van der Waals surface area contributed by atoms with Gasteiger partial charge in [0.1, 0.15) is 0 Å². The van der Waals surface area contributed by atoms with Crippen molar-refractivity contribution in [1.82, 2.24) is 10.2 Å². The summed E-state index contributed by atoms with van der Waals surface area (Å²) in [5.41, 5.74) is 0. The monoisotopic (exact) mass is 228 g/mol. The predicted molar refractivity (Wildman–Crippen MR) is 68.8 cm³/mol. The van der Waals surface area contributed by atoms with E-state index in [1.807, 2.05) is 0 Å². The molecule has 1 aliphatic rings. The van der Waals surface area contributed by atoms with Crippen molar-refractivity contribution in [2.45, 2.75) is 46.2 Å². The number of likely N-dealkylation sites (N-methyl/N-ethyl adjacent to an activating group) is 1. The maximum absolute atomic E-state index is 5.43. The summed E-state index contributed by atoms with van der Waals surface area (Å²) in [4.78, 5) is 2.47. The molecule has 0 aromatic rings. The van der Waals surface area contributed by atoms with E-state index in [0.717, 1.165) is 32.8 Å². The van der Waals surface area contributed by atoms with E-state index in [-0.39, 0.29) is 0 Å². The normalized spacial score (nSPS) is 24.9. The highest BCUT2D eigenvalue weighted by Crippen LogP contribution is 2.16. The van der Waals surface area contributed by atoms with Gasteiger partial charge in [0.15, 0.2) is 0 Å². The number of ether oxygens (including phenoxy) is 1. The number of nitrogens with one attached hydrogen (secondary N) is 1. The SMILES string of the molecule is CCN(CC)CC(C)NC(C)C1CCOC1. The van der Waals surface area contributed by atoms with Gasteiger partial charge in [-0.1, -0.05) is 13.8 Å². The van der Waals surface area contributed by atoms with Crippen LogP contribution in [0.25, 0.3) is 0 Å². The highest BCUT2D eigenvalue weighted by Gasteiger charge is 2.23. The van der Waals surface area contributed by atoms with E-state index in [4.69, 9.17) is 4.74 Å². The van der Waals surface area contributed by atoms with E-state index in [1.54, 1.807) is 0 Å². The van der Waals surface area contributed by atoms with Gasteiger partial charge in [0.05, 0.1) is 6.61 Å². The van der Waals surface area contributed by atoms with Crippen LogP contribution in [0.3, 0.4) is 0 Å². The molecule has 3 heteroatoms. The zero-order valence-corrected chi connectivity index (χ0v) is 11.3. The summed E-state index contributed by atoms with van der Waals surface area (Å²) >= 11 is 0. The van der Waals surface area contributed by atoms with Crippen molar-refractivity contribution in [2.75, 3.05) is 32.8 Å². The van der Waals surface area contributed by atoms with Crippen LogP contribution in [0.15, 0.2) is 0 Å². The second kappa shape index (κ2) is 7.25. The Balaban J connectivity index is 2.23. The zero-order valence-electron chi connectivity index (χ0n) is 11.3. The average molecular weight is 228 g/mol. The summed E-state index contributed by atoms with van der Waals surface area (Å²) in [7, 11) is 0. The highest BCUT2D eigenvalue weighted by atomic mass is 16.5. The Hall–Kier alpha value is -0.120. The van der Waals surface area contributed by atoms with Gasteiger partial charge in [-0.25, -0.2) is 0 Å². The van der Waals surface area contributed by atoms with Crippen LogP contribution in [0, 0.1) is 5.92 Å². The fourth-order valence-corrected chi connectivity index (χ4v) is 2.45. The standard InChI is InChI=1S/C13H28N2O/c1-5-15(6-2)9-11(3)14-12(4)13-7-8-16-10-13/h11-14H,5-10H2,1-4H3. The van der Waals surface area contributed by atoms with Crippen molar-refractivity contribution in [3.05, 3.63) is 0 Å². The molecule has 0 aromatic carbocycles. The van der Waals surface area contributed by atoms with Crippen LogP contribution < -0.4 is 5.32 Å². The molecule has 0 radical (unpaired) electrons. The summed E-state index contributed by atoms with van der Waals surface area (Å²) in [6.45, 7) is 14.3. The smallest absolute Gasteiger partial charge is 0.0509 e. The van der Waals surface area contributed by atoms with Crippen molar-refractivity contribution in [3.8, 4) is 0 Å². The van der Waals surface area contributed by atoms with E-state index < -0.39 is 0 Å². The van der Waals surface area contributed by atoms with Crippen LogP contribution in [0.1, 0.15) is 34.1 Å². The van der Waals surface area contributed by atoms with Gasteiger partial charge >= 0.3 is 0 Å². The minimum absolute atomic E-state index is 0.565. The topological polar surface area (TPSA) is 24.5 Å². The first-order chi connectivity index (χ1) is 7.67. The molecule has 3 unspecified atom stereocenters. The molecule has 0 bridgehead atoms. The predicted octanol–water partition coefficient (Wildman–Crippen LogP) is 1.73. The van der Waals surface area contributed by atoms with Gasteiger partial charge in [0, 0.05) is 25.2 Å². The Morgan fingerprint density at radius 2 is 2.00 bits per heavy atom. The van der Waals surface area contributed by atoms with E-state index in [0.29, 0.717) is 18.0 Å². The minimum Gasteiger partial charge on any atom is -0.381 e. The van der Waals surface area contributed by atoms with Gasteiger partial charge in [-0.15, -0.1) is 0 Å². The third-order valence-corrected chi connectivity index (χ3v) is 3.65. The van der Waals surface area contributed by atoms with E-state index in [1.165, 1.54) is 6.42 Å². The van der Waals surface area contributed by atoms with E-state index >= 15 is 0 Å². The van der Waals surface area contributed by atoms with Crippen molar-refractivity contribution in [1.29, 1.82) is 0 Å². The molecule has 1 rings (SSSR count). The van der Waals surface area contributed by atoms with Gasteiger partial charge in [0.25, 0.3) is 0 Å². The lowest BCUT2D eigenvalue weighted by Crippen LogP contribution is -2.45. The third-order valence-electron chi connectivity index (χ3n) is 3.65. The summed E-state index contributed by atoms with van der Waals surface area (Å²) in [5, 5.41) is 3.70. The van der Waals surface area contributed by atoms with Crippen molar-refractivity contribution in [2.24, 2.45) is 5.92 Å². The molecule has 0 amide bonds. The Bertz CT molecular complexity index is 177. The average Bonchev–Trinajstić information content (AvgIpc) is 2.79. The van der Waals surface area contributed by atoms with Crippen molar-refractivity contribution in [3.63, 3.8) is 0 Å². The molecule has 3 nitrogen and oxygen atoms in total. The molecule has 0 spiro atoms. The minimum atomic E-state index is 0.565. The van der Waals surface area contributed by atoms with Crippen LogP contribution in [0.5, 0.6) is 0 Å². The molecular weight excluding hydrogens is 200 g/mol. The molecule has 1 fully saturated rings. The van der Waals surface area contributed by atoms with Gasteiger partial charge in [-0.05, 0) is 39.3 Å². The van der Waals surface area contributed by atoms with Crippen LogP contribution in [0.4, 0.5) is 0 Å². The molecule has 1 N–H and O–H groups in total. The van der Waals surface area contributed by atoms with E-state index in [2.05, 4.69) is 37.9 Å². The maximum atomic E-state index is 5.43. The van der Waals surface area contributed by atoms with E-state index in [9.17, 15) is 0 Å². The molecule has 16 heavy (non-hydrogen) atoms. The lowest BCUT2D eigenvalue weighted by molar-refractivity contribution is 0.174. The van der Waals surface area contributed by atoms with Crippen LogP contribution >= 0.6 is 0 Å². The van der Waals surface area contributed by atoms with Crippen molar-refractivity contribution < 1.29 is 4.74 Å². The second-order valence-corrected chi connectivity index (χ2v) is 4.97. The van der Waals surface area contributed by atoms with Crippen LogP contribution in [-0.2, 0) is 4.74 Å². The lowest BCUT2D eigenvalue weighted by Gasteiger charge is -2.28. The first kappa shape index (κ1) is 13.9. The Morgan fingerprint density at radius 1 is 1.31 bits per heavy atom. The first-order valence-corrected chi connectivity index (χ1v) is 6.73. The molecule has 96 valence electrons. The molecule has 1 heterocycles. The summed E-state index contributed by atoms with van der Waals surface area (Å²) in [6, 6.07) is 1.14. The Kier molecular flexibility index (Phi) is 6.32. The van der Waals surface area contributed by atoms with Crippen LogP contribution in [0.2, 0.25) is 0 Å². The number of nitrogens with zero attached hydrogens (tertiary/aromatic N) is 1. The van der Waals surface area contributed by atoms with Gasteiger partial charge in [-0.3, -0.25) is 0 Å². The number of hydrogen-bond acceptors (Lipinski definition) is 3. The second-order valence-electron chi connectivity index (χ2n) is 4.97. The first-order valence-electron chi connectivity index (χ1n) is 6.73. The molecule has 0 aromatic heterocycles. The number of hydrogen-bond donors (Lipinski definition) is 1. The fourth-order valence-electron chi connectivity index (χ4n) is 2.45. The van der Waals surface area contributed by atoms with Gasteiger partial charge < -0.3 is 15.0 Å². The largest absolute Gasteiger partial charge is 0.381 e. The highest BCUT2D eigenvalue weighted by molar-refractivity contribution is 4.79. The Morgan fingerprint density at radius 3 is 2.50 bits per heavy atom. The zero-order chi connectivity index (χ0) is 12.0. The molecular formula is C13H28N2O. The van der Waals surface area contributed by atoms with Gasteiger partial charge in [0.2, 0.25) is 0 Å². The molecule has 3 atom stereocenters. The summed E-state index contributed by atoms with van der Waals surface area (Å²) in [6.07, 6.45) is 1.21. The fraction of sp³-hybridized carbons (Fsp3) is 1.00. The third kappa shape index (κ3) is 4.40. The molecule has 0 saturated carbocycles.